The minimum atomic E-state index is 0.360. The van der Waals surface area contributed by atoms with Crippen molar-refractivity contribution in [1.29, 1.82) is 0 Å². The van der Waals surface area contributed by atoms with Crippen LogP contribution in [0.3, 0.4) is 0 Å². The van der Waals surface area contributed by atoms with Gasteiger partial charge in [0.25, 0.3) is 0 Å². The van der Waals surface area contributed by atoms with Gasteiger partial charge in [-0.3, -0.25) is 4.90 Å². The third-order valence-corrected chi connectivity index (χ3v) is 5.66. The van der Waals surface area contributed by atoms with E-state index >= 15 is 0 Å². The second-order valence-electron chi connectivity index (χ2n) is 9.39. The third-order valence-electron chi connectivity index (χ3n) is 5.66. The van der Waals surface area contributed by atoms with Gasteiger partial charge < -0.3 is 15.5 Å². The summed E-state index contributed by atoms with van der Waals surface area (Å²) in [7, 11) is 0. The summed E-state index contributed by atoms with van der Waals surface area (Å²) in [6.45, 7) is 32.2. The molecule has 0 aliphatic carbocycles. The summed E-state index contributed by atoms with van der Waals surface area (Å²) >= 11 is 0. The summed E-state index contributed by atoms with van der Waals surface area (Å²) < 4.78 is 0. The molecular formula is C34H58N6. The van der Waals surface area contributed by atoms with E-state index in [1.165, 1.54) is 18.4 Å². The number of nitrogens with zero attached hydrogens (tertiary/aromatic N) is 4. The Morgan fingerprint density at radius 2 is 1.62 bits per heavy atom. The van der Waals surface area contributed by atoms with Crippen molar-refractivity contribution < 1.29 is 0 Å². The van der Waals surface area contributed by atoms with E-state index in [2.05, 4.69) is 97.1 Å². The third kappa shape index (κ3) is 13.8. The van der Waals surface area contributed by atoms with Gasteiger partial charge in [-0.2, -0.15) is 4.98 Å². The van der Waals surface area contributed by atoms with Gasteiger partial charge in [-0.05, 0) is 49.1 Å². The molecule has 0 amide bonds. The predicted molar refractivity (Wildman–Crippen MR) is 179 cm³/mol. The first-order valence-corrected chi connectivity index (χ1v) is 15.4. The zero-order valence-electron chi connectivity index (χ0n) is 26.9. The molecule has 6 heteroatoms. The highest BCUT2D eigenvalue weighted by atomic mass is 15.3. The molecule has 4 rings (SSSR count). The van der Waals surface area contributed by atoms with Crippen LogP contribution in [0.5, 0.6) is 0 Å². The Labute approximate surface area is 246 Å². The molecule has 224 valence electrons. The normalized spacial score (nSPS) is 15.6. The molecule has 2 N–H and O–H groups in total. The fourth-order valence-corrected chi connectivity index (χ4v) is 4.04. The SMILES string of the molecule is C=CC(=C)Nc1ccc(CN2CCC(Nc3nccc(N4CCCC4=C)n3)C2)cc1.CC.CC.CCC.CCC. The van der Waals surface area contributed by atoms with Crippen LogP contribution < -0.4 is 15.5 Å². The fourth-order valence-electron chi connectivity index (χ4n) is 4.04. The number of benzene rings is 1. The molecule has 3 heterocycles. The van der Waals surface area contributed by atoms with Gasteiger partial charge >= 0.3 is 0 Å². The van der Waals surface area contributed by atoms with E-state index in [1.54, 1.807) is 6.08 Å². The highest BCUT2D eigenvalue weighted by molar-refractivity contribution is 5.51. The van der Waals surface area contributed by atoms with Gasteiger partial charge in [0.15, 0.2) is 0 Å². The molecule has 0 bridgehead atoms. The minimum Gasteiger partial charge on any atom is -0.356 e. The van der Waals surface area contributed by atoms with Crippen LogP contribution in [0.15, 0.2) is 73.7 Å². The van der Waals surface area contributed by atoms with Gasteiger partial charge in [-0.1, -0.05) is 100 Å². The zero-order chi connectivity index (χ0) is 30.3. The number of aromatic nitrogens is 2. The first-order valence-electron chi connectivity index (χ1n) is 15.4. The largest absolute Gasteiger partial charge is 0.356 e. The van der Waals surface area contributed by atoms with Crippen molar-refractivity contribution in [1.82, 2.24) is 14.9 Å². The summed E-state index contributed by atoms with van der Waals surface area (Å²) in [6.07, 6.45) is 9.32. The van der Waals surface area contributed by atoms with Crippen LogP contribution in [-0.4, -0.2) is 40.5 Å². The van der Waals surface area contributed by atoms with Crippen molar-refractivity contribution in [2.75, 3.05) is 35.2 Å². The van der Waals surface area contributed by atoms with Gasteiger partial charge in [0.1, 0.15) is 5.82 Å². The van der Waals surface area contributed by atoms with Crippen molar-refractivity contribution in [2.24, 2.45) is 0 Å². The number of likely N-dealkylation sites (tertiary alicyclic amines) is 1. The van der Waals surface area contributed by atoms with E-state index in [0.717, 1.165) is 68.3 Å². The van der Waals surface area contributed by atoms with Crippen molar-refractivity contribution >= 4 is 17.5 Å². The lowest BCUT2D eigenvalue weighted by Gasteiger charge is -2.20. The van der Waals surface area contributed by atoms with Crippen LogP contribution >= 0.6 is 0 Å². The highest BCUT2D eigenvalue weighted by Gasteiger charge is 2.24. The monoisotopic (exact) mass is 550 g/mol. The topological polar surface area (TPSA) is 56.3 Å². The maximum atomic E-state index is 4.72. The molecule has 1 aromatic carbocycles. The molecule has 1 aromatic heterocycles. The average molecular weight is 551 g/mol. The van der Waals surface area contributed by atoms with E-state index < -0.39 is 0 Å². The number of rotatable bonds is 8. The predicted octanol–water partition coefficient (Wildman–Crippen LogP) is 9.27. The number of allylic oxidation sites excluding steroid dienone is 2. The highest BCUT2D eigenvalue weighted by Crippen LogP contribution is 2.26. The fraction of sp³-hybridized carbons (Fsp3) is 0.529. The van der Waals surface area contributed by atoms with Crippen LogP contribution in [0.2, 0.25) is 0 Å². The lowest BCUT2D eigenvalue weighted by molar-refractivity contribution is 0.328. The average Bonchev–Trinajstić information content (AvgIpc) is 3.61. The molecule has 1 atom stereocenters. The van der Waals surface area contributed by atoms with Gasteiger partial charge in [0.2, 0.25) is 5.95 Å². The van der Waals surface area contributed by atoms with Crippen LogP contribution in [0.4, 0.5) is 17.5 Å². The first-order chi connectivity index (χ1) is 19.4. The Kier molecular flexibility index (Phi) is 20.9. The Balaban J connectivity index is 0.00000135. The molecule has 40 heavy (non-hydrogen) atoms. The molecule has 0 saturated carbocycles. The van der Waals surface area contributed by atoms with E-state index in [-0.39, 0.29) is 0 Å². The van der Waals surface area contributed by atoms with Crippen LogP contribution in [0.1, 0.15) is 93.1 Å². The molecule has 2 aliphatic heterocycles. The van der Waals surface area contributed by atoms with Crippen molar-refractivity contribution in [3.05, 3.63) is 79.3 Å². The quantitative estimate of drug-likeness (QED) is 0.319. The summed E-state index contributed by atoms with van der Waals surface area (Å²) in [5, 5.41) is 6.74. The first kappa shape index (κ1) is 36.9. The maximum Gasteiger partial charge on any atom is 0.224 e. The molecule has 2 saturated heterocycles. The number of anilines is 3. The Morgan fingerprint density at radius 1 is 1.00 bits per heavy atom. The Bertz CT molecular complexity index is 951. The van der Waals surface area contributed by atoms with Gasteiger partial charge in [0.05, 0.1) is 0 Å². The second-order valence-corrected chi connectivity index (χ2v) is 9.39. The van der Waals surface area contributed by atoms with E-state index in [9.17, 15) is 0 Å². The smallest absolute Gasteiger partial charge is 0.224 e. The molecular weight excluding hydrogens is 492 g/mol. The van der Waals surface area contributed by atoms with Crippen LogP contribution in [0.25, 0.3) is 0 Å². The van der Waals surface area contributed by atoms with Crippen molar-refractivity contribution in [3.8, 4) is 0 Å². The Morgan fingerprint density at radius 3 is 2.17 bits per heavy atom. The molecule has 2 aromatic rings. The Hall–Kier alpha value is -3.12. The summed E-state index contributed by atoms with van der Waals surface area (Å²) in [6, 6.07) is 10.8. The van der Waals surface area contributed by atoms with E-state index in [1.807, 2.05) is 40.0 Å². The maximum absolute atomic E-state index is 4.72. The molecule has 1 unspecified atom stereocenters. The summed E-state index contributed by atoms with van der Waals surface area (Å²) in [5.41, 5.74) is 4.27. The lowest BCUT2D eigenvalue weighted by atomic mass is 10.2. The number of hydrogen-bond acceptors (Lipinski definition) is 6. The molecule has 2 fully saturated rings. The van der Waals surface area contributed by atoms with Gasteiger partial charge in [-0.15, -0.1) is 0 Å². The molecule has 0 spiro atoms. The van der Waals surface area contributed by atoms with Crippen molar-refractivity contribution in [2.45, 2.75) is 100 Å². The lowest BCUT2D eigenvalue weighted by Crippen LogP contribution is -2.27. The minimum absolute atomic E-state index is 0.360. The van der Waals surface area contributed by atoms with Gasteiger partial charge in [-0.25, -0.2) is 4.98 Å². The zero-order valence-corrected chi connectivity index (χ0v) is 26.9. The van der Waals surface area contributed by atoms with Gasteiger partial charge in [0, 0.05) is 55.5 Å². The standard InChI is InChI=1S/C24H30N6.2C3H8.2C2H6/c1-4-18(2)26-21-9-7-20(8-10-21)16-29-15-12-22(17-29)27-24-25-13-11-23(28-24)30-14-5-6-19(30)3;2*1-3-2;2*1-2/h4,7-11,13,22,26H,1-3,5-6,12,14-17H2,(H,25,27,28);2*3H2,1-2H3;2*1-2H3. The number of hydrogen-bond donors (Lipinski definition) is 2. The van der Waals surface area contributed by atoms with E-state index in [4.69, 9.17) is 4.98 Å². The number of nitrogens with one attached hydrogen (secondary N) is 2. The van der Waals surface area contributed by atoms with E-state index in [0.29, 0.717) is 12.0 Å². The second kappa shape index (κ2) is 22.7. The molecule has 0 radical (unpaired) electrons. The molecule has 2 aliphatic rings. The van der Waals surface area contributed by atoms with Crippen LogP contribution in [-0.2, 0) is 6.54 Å². The molecule has 6 nitrogen and oxygen atoms in total. The summed E-state index contributed by atoms with van der Waals surface area (Å²) in [5.74, 6) is 1.65. The van der Waals surface area contributed by atoms with Crippen molar-refractivity contribution in [3.63, 3.8) is 0 Å². The van der Waals surface area contributed by atoms with Crippen LogP contribution in [0, 0.1) is 0 Å². The summed E-state index contributed by atoms with van der Waals surface area (Å²) in [4.78, 5) is 13.8.